The van der Waals surface area contributed by atoms with E-state index >= 15 is 0 Å². The van der Waals surface area contributed by atoms with Crippen LogP contribution >= 0.6 is 11.7 Å². The largest absolute Gasteiger partial charge is 0.338 e. The monoisotopic (exact) mass is 472 g/mol. The second-order valence-electron chi connectivity index (χ2n) is 8.17. The summed E-state index contributed by atoms with van der Waals surface area (Å²) in [5.41, 5.74) is 2.12. The molecule has 0 atom stereocenters. The molecule has 1 aromatic heterocycles. The molecule has 1 aliphatic heterocycles. The number of carbonyl (C=O) groups is 1. The Bertz CT molecular complexity index is 1160. The Morgan fingerprint density at radius 1 is 1.09 bits per heavy atom. The van der Waals surface area contributed by atoms with E-state index in [2.05, 4.69) is 15.7 Å². The highest BCUT2D eigenvalue weighted by Crippen LogP contribution is 2.29. The van der Waals surface area contributed by atoms with Crippen molar-refractivity contribution in [3.8, 4) is 0 Å². The van der Waals surface area contributed by atoms with Crippen molar-refractivity contribution in [3.63, 3.8) is 0 Å². The van der Waals surface area contributed by atoms with Crippen LogP contribution < -0.4 is 0 Å². The number of unbranched alkanes of at least 4 members (excludes halogenated alkanes) is 1. The third kappa shape index (κ3) is 4.84. The second kappa shape index (κ2) is 10.1. The van der Waals surface area contributed by atoms with Gasteiger partial charge in [-0.25, -0.2) is 8.42 Å². The molecule has 32 heavy (non-hydrogen) atoms. The fraction of sp³-hybridized carbons (Fsp3) is 0.435. The molecule has 0 bridgehead atoms. The lowest BCUT2D eigenvalue weighted by atomic mass is 9.96. The second-order valence-corrected chi connectivity index (χ2v) is 10.6. The molecular formula is C23H28N4O3S2. The summed E-state index contributed by atoms with van der Waals surface area (Å²) in [6.45, 7) is 4.10. The summed E-state index contributed by atoms with van der Waals surface area (Å²) in [5, 5.41) is 0. The van der Waals surface area contributed by atoms with E-state index in [-0.39, 0.29) is 16.7 Å². The number of hydrogen-bond acceptors (Lipinski definition) is 6. The van der Waals surface area contributed by atoms with Crippen LogP contribution in [-0.2, 0) is 21.4 Å². The summed E-state index contributed by atoms with van der Waals surface area (Å²) >= 11 is 1.01. The lowest BCUT2D eigenvalue weighted by Crippen LogP contribution is -2.44. The first-order valence-electron chi connectivity index (χ1n) is 11.0. The van der Waals surface area contributed by atoms with Gasteiger partial charge in [-0.2, -0.15) is 13.1 Å². The molecule has 0 saturated carbocycles. The lowest BCUT2D eigenvalue weighted by molar-refractivity contribution is -0.137. The number of fused-ring (bicyclic) bond motifs is 1. The number of carbonyl (C=O) groups excluding carboxylic acids is 1. The molecule has 3 aromatic rings. The van der Waals surface area contributed by atoms with Crippen LogP contribution in [0.4, 0.5) is 0 Å². The Hall–Kier alpha value is -2.36. The Morgan fingerprint density at radius 2 is 1.84 bits per heavy atom. The molecule has 2 heterocycles. The number of amides is 1. The van der Waals surface area contributed by atoms with Crippen molar-refractivity contribution in [1.82, 2.24) is 18.0 Å². The third-order valence-electron chi connectivity index (χ3n) is 5.98. The summed E-state index contributed by atoms with van der Waals surface area (Å²) in [6.07, 6.45) is 3.03. The average Bonchev–Trinajstić information content (AvgIpc) is 3.31. The summed E-state index contributed by atoms with van der Waals surface area (Å²) < 4.78 is 36.3. The predicted molar refractivity (Wildman–Crippen MR) is 126 cm³/mol. The maximum absolute atomic E-state index is 13.3. The van der Waals surface area contributed by atoms with Crippen molar-refractivity contribution in [2.75, 3.05) is 19.6 Å². The van der Waals surface area contributed by atoms with E-state index in [0.717, 1.165) is 36.7 Å². The molecule has 0 aliphatic carbocycles. The molecular weight excluding hydrogens is 444 g/mol. The highest BCUT2D eigenvalue weighted by Gasteiger charge is 2.35. The smallest absolute Gasteiger partial charge is 0.245 e. The number of aromatic nitrogens is 2. The van der Waals surface area contributed by atoms with Gasteiger partial charge in [0.15, 0.2) is 0 Å². The van der Waals surface area contributed by atoms with Gasteiger partial charge < -0.3 is 4.90 Å². The molecule has 1 aliphatic rings. The van der Waals surface area contributed by atoms with E-state index in [0.29, 0.717) is 43.5 Å². The van der Waals surface area contributed by atoms with Crippen molar-refractivity contribution in [1.29, 1.82) is 0 Å². The molecule has 2 aromatic carbocycles. The van der Waals surface area contributed by atoms with E-state index in [4.69, 9.17) is 0 Å². The van der Waals surface area contributed by atoms with Gasteiger partial charge in [0.25, 0.3) is 0 Å². The Kier molecular flexibility index (Phi) is 7.17. The van der Waals surface area contributed by atoms with Crippen LogP contribution in [0.15, 0.2) is 53.4 Å². The van der Waals surface area contributed by atoms with Gasteiger partial charge in [0.2, 0.25) is 15.9 Å². The highest BCUT2D eigenvalue weighted by atomic mass is 32.2. The summed E-state index contributed by atoms with van der Waals surface area (Å²) in [7, 11) is -3.68. The topological polar surface area (TPSA) is 83.5 Å². The van der Waals surface area contributed by atoms with Crippen molar-refractivity contribution in [3.05, 3.63) is 54.1 Å². The SMILES string of the molecule is CCCCN(Cc1ccccc1)C(=O)C1CCN(S(=O)(=O)c2cccc3nsnc23)CC1. The Labute approximate surface area is 193 Å². The molecule has 1 amide bonds. The van der Waals surface area contributed by atoms with Crippen LogP contribution in [-0.4, -0.2) is 51.9 Å². The van der Waals surface area contributed by atoms with Crippen LogP contribution in [0.2, 0.25) is 0 Å². The minimum absolute atomic E-state index is 0.130. The van der Waals surface area contributed by atoms with Gasteiger partial charge in [0.1, 0.15) is 15.9 Å². The van der Waals surface area contributed by atoms with Gasteiger partial charge in [0.05, 0.1) is 11.7 Å². The number of hydrogen-bond donors (Lipinski definition) is 0. The molecule has 0 radical (unpaired) electrons. The zero-order chi connectivity index (χ0) is 22.6. The normalized spacial score (nSPS) is 15.8. The molecule has 0 unspecified atom stereocenters. The zero-order valence-corrected chi connectivity index (χ0v) is 19.8. The van der Waals surface area contributed by atoms with Gasteiger partial charge in [-0.3, -0.25) is 4.79 Å². The maximum Gasteiger partial charge on any atom is 0.245 e. The zero-order valence-electron chi connectivity index (χ0n) is 18.2. The molecule has 0 spiro atoms. The minimum Gasteiger partial charge on any atom is -0.338 e. The van der Waals surface area contributed by atoms with E-state index in [1.54, 1.807) is 18.2 Å². The van der Waals surface area contributed by atoms with Crippen molar-refractivity contribution in [2.24, 2.45) is 5.92 Å². The number of piperidine rings is 1. The van der Waals surface area contributed by atoms with E-state index in [1.807, 2.05) is 35.2 Å². The summed E-state index contributed by atoms with van der Waals surface area (Å²) in [4.78, 5) is 15.5. The van der Waals surface area contributed by atoms with Gasteiger partial charge >= 0.3 is 0 Å². The summed E-state index contributed by atoms with van der Waals surface area (Å²) in [5.74, 6) is -0.0242. The lowest BCUT2D eigenvalue weighted by Gasteiger charge is -2.34. The quantitative estimate of drug-likeness (QED) is 0.496. The van der Waals surface area contributed by atoms with E-state index in [1.165, 1.54) is 4.31 Å². The highest BCUT2D eigenvalue weighted by molar-refractivity contribution is 7.89. The van der Waals surface area contributed by atoms with Crippen molar-refractivity contribution >= 4 is 38.7 Å². The van der Waals surface area contributed by atoms with Gasteiger partial charge in [-0.05, 0) is 37.0 Å². The van der Waals surface area contributed by atoms with E-state index in [9.17, 15) is 13.2 Å². The van der Waals surface area contributed by atoms with Crippen molar-refractivity contribution < 1.29 is 13.2 Å². The van der Waals surface area contributed by atoms with Crippen LogP contribution in [0.3, 0.4) is 0 Å². The number of sulfonamides is 1. The predicted octanol–water partition coefficient (Wildman–Crippen LogP) is 3.92. The van der Waals surface area contributed by atoms with Crippen LogP contribution in [0, 0.1) is 5.92 Å². The third-order valence-corrected chi connectivity index (χ3v) is 8.45. The molecule has 1 fully saturated rings. The standard InChI is InChI=1S/C23H28N4O3S2/c1-2-3-14-26(17-18-8-5-4-6-9-18)23(28)19-12-15-27(16-13-19)32(29,30)21-11-7-10-20-22(21)25-31-24-20/h4-11,19H,2-3,12-17H2,1H3. The van der Waals surface area contributed by atoms with E-state index < -0.39 is 10.0 Å². The van der Waals surface area contributed by atoms with Crippen LogP contribution in [0.1, 0.15) is 38.2 Å². The molecule has 4 rings (SSSR count). The summed E-state index contributed by atoms with van der Waals surface area (Å²) in [6, 6.07) is 15.1. The van der Waals surface area contributed by atoms with Gasteiger partial charge in [0, 0.05) is 32.1 Å². The Morgan fingerprint density at radius 3 is 2.56 bits per heavy atom. The Balaban J connectivity index is 1.44. The van der Waals surface area contributed by atoms with Crippen LogP contribution in [0.25, 0.3) is 11.0 Å². The number of rotatable bonds is 8. The van der Waals surface area contributed by atoms with Gasteiger partial charge in [-0.15, -0.1) is 0 Å². The molecule has 7 nitrogen and oxygen atoms in total. The fourth-order valence-corrected chi connectivity index (χ4v) is 6.37. The first kappa shape index (κ1) is 22.8. The molecule has 170 valence electrons. The van der Waals surface area contributed by atoms with Crippen molar-refractivity contribution in [2.45, 2.75) is 44.0 Å². The molecule has 0 N–H and O–H groups in total. The molecule has 9 heteroatoms. The minimum atomic E-state index is -3.68. The fourth-order valence-electron chi connectivity index (χ4n) is 4.15. The first-order valence-corrected chi connectivity index (χ1v) is 13.2. The molecule has 1 saturated heterocycles. The first-order chi connectivity index (χ1) is 15.5. The van der Waals surface area contributed by atoms with Crippen LogP contribution in [0.5, 0.6) is 0 Å². The van der Waals surface area contributed by atoms with Gasteiger partial charge in [-0.1, -0.05) is 49.7 Å². The number of benzene rings is 2. The number of nitrogens with zero attached hydrogens (tertiary/aromatic N) is 4. The maximum atomic E-state index is 13.3. The average molecular weight is 473 g/mol.